The van der Waals surface area contributed by atoms with Crippen molar-refractivity contribution in [2.24, 2.45) is 5.92 Å². The van der Waals surface area contributed by atoms with E-state index in [1.807, 2.05) is 5.51 Å². The average Bonchev–Trinajstić information content (AvgIpc) is 2.55. The first-order valence-electron chi connectivity index (χ1n) is 5.29. The van der Waals surface area contributed by atoms with Crippen LogP contribution in [0.3, 0.4) is 0 Å². The van der Waals surface area contributed by atoms with Crippen LogP contribution >= 0.6 is 11.3 Å². The highest BCUT2D eigenvalue weighted by molar-refractivity contribution is 7.07. The van der Waals surface area contributed by atoms with Gasteiger partial charge in [-0.2, -0.15) is 0 Å². The number of hydrogen-bond acceptors (Lipinski definition) is 3. The summed E-state index contributed by atoms with van der Waals surface area (Å²) in [6, 6.07) is 0.619. The fourth-order valence-corrected chi connectivity index (χ4v) is 2.19. The monoisotopic (exact) mass is 212 g/mol. The Morgan fingerprint density at radius 1 is 1.43 bits per heavy atom. The highest BCUT2D eigenvalue weighted by Crippen LogP contribution is 2.04. The summed E-state index contributed by atoms with van der Waals surface area (Å²) in [4.78, 5) is 4.25. The lowest BCUT2D eigenvalue weighted by molar-refractivity contribution is 0.444. The second-order valence-electron chi connectivity index (χ2n) is 4.21. The minimum absolute atomic E-state index is 0.619. The number of aromatic nitrogens is 1. The molecule has 0 saturated carbocycles. The highest BCUT2D eigenvalue weighted by atomic mass is 32.1. The summed E-state index contributed by atoms with van der Waals surface area (Å²) < 4.78 is 0. The van der Waals surface area contributed by atoms with Crippen LogP contribution in [0.15, 0.2) is 10.9 Å². The zero-order chi connectivity index (χ0) is 10.4. The first-order chi connectivity index (χ1) is 6.68. The van der Waals surface area contributed by atoms with Crippen LogP contribution in [-0.4, -0.2) is 17.6 Å². The van der Waals surface area contributed by atoms with Gasteiger partial charge < -0.3 is 5.32 Å². The molecule has 1 rings (SSSR count). The maximum atomic E-state index is 4.25. The van der Waals surface area contributed by atoms with Gasteiger partial charge in [0.25, 0.3) is 0 Å². The van der Waals surface area contributed by atoms with E-state index in [0.717, 1.165) is 18.9 Å². The maximum absolute atomic E-state index is 4.25. The molecule has 14 heavy (non-hydrogen) atoms. The van der Waals surface area contributed by atoms with Crippen molar-refractivity contribution in [2.75, 3.05) is 6.54 Å². The van der Waals surface area contributed by atoms with Gasteiger partial charge in [-0.05, 0) is 19.3 Å². The molecular weight excluding hydrogens is 192 g/mol. The Bertz CT molecular complexity index is 231. The summed E-state index contributed by atoms with van der Waals surface area (Å²) in [7, 11) is 0. The number of nitrogens with zero attached hydrogens (tertiary/aromatic N) is 1. The molecule has 1 atom stereocenters. The van der Waals surface area contributed by atoms with E-state index in [0.29, 0.717) is 6.04 Å². The zero-order valence-corrected chi connectivity index (χ0v) is 10.1. The normalized spacial score (nSPS) is 13.4. The summed E-state index contributed by atoms with van der Waals surface area (Å²) in [5.74, 6) is 0.775. The van der Waals surface area contributed by atoms with Crippen LogP contribution in [0.5, 0.6) is 0 Å². The van der Waals surface area contributed by atoms with E-state index >= 15 is 0 Å². The average molecular weight is 212 g/mol. The van der Waals surface area contributed by atoms with E-state index in [2.05, 4.69) is 36.5 Å². The summed E-state index contributed by atoms with van der Waals surface area (Å²) in [5, 5.41) is 5.64. The van der Waals surface area contributed by atoms with E-state index in [-0.39, 0.29) is 0 Å². The van der Waals surface area contributed by atoms with Crippen LogP contribution < -0.4 is 5.32 Å². The van der Waals surface area contributed by atoms with Crippen molar-refractivity contribution in [1.29, 1.82) is 0 Å². The first kappa shape index (κ1) is 11.7. The molecule has 0 aliphatic heterocycles. The van der Waals surface area contributed by atoms with Crippen LogP contribution in [0.1, 0.15) is 32.9 Å². The zero-order valence-electron chi connectivity index (χ0n) is 9.29. The maximum Gasteiger partial charge on any atom is 0.0794 e. The summed E-state index contributed by atoms with van der Waals surface area (Å²) >= 11 is 1.67. The van der Waals surface area contributed by atoms with Gasteiger partial charge in [0.05, 0.1) is 11.2 Å². The minimum atomic E-state index is 0.619. The Balaban J connectivity index is 2.09. The van der Waals surface area contributed by atoms with Crippen molar-refractivity contribution in [2.45, 2.75) is 39.7 Å². The molecule has 0 aromatic carbocycles. The van der Waals surface area contributed by atoms with Crippen LogP contribution in [0.4, 0.5) is 0 Å². The molecule has 0 fully saturated rings. The number of nitrogens with one attached hydrogen (secondary N) is 1. The third kappa shape index (κ3) is 4.72. The molecule has 0 radical (unpaired) electrons. The van der Waals surface area contributed by atoms with E-state index in [4.69, 9.17) is 0 Å². The molecular formula is C11H20N2S. The van der Waals surface area contributed by atoms with Gasteiger partial charge in [-0.3, -0.25) is 0 Å². The van der Waals surface area contributed by atoms with Crippen LogP contribution in [0.2, 0.25) is 0 Å². The van der Waals surface area contributed by atoms with Crippen molar-refractivity contribution in [1.82, 2.24) is 10.3 Å². The molecule has 0 saturated heterocycles. The molecule has 0 amide bonds. The largest absolute Gasteiger partial charge is 0.314 e. The molecule has 1 aromatic rings. The molecule has 2 nitrogen and oxygen atoms in total. The number of hydrogen-bond donors (Lipinski definition) is 1. The summed E-state index contributed by atoms with van der Waals surface area (Å²) in [6.45, 7) is 7.82. The molecule has 1 N–H and O–H groups in total. The third-order valence-corrected chi connectivity index (χ3v) is 2.82. The van der Waals surface area contributed by atoms with Gasteiger partial charge in [-0.15, -0.1) is 11.3 Å². The molecule has 0 aliphatic carbocycles. The van der Waals surface area contributed by atoms with Crippen molar-refractivity contribution >= 4 is 11.3 Å². The van der Waals surface area contributed by atoms with Crippen LogP contribution in [0, 0.1) is 5.92 Å². The molecule has 1 aromatic heterocycles. The lowest BCUT2D eigenvalue weighted by Gasteiger charge is -2.15. The van der Waals surface area contributed by atoms with Gasteiger partial charge in [0.1, 0.15) is 0 Å². The van der Waals surface area contributed by atoms with Crippen molar-refractivity contribution < 1.29 is 0 Å². The molecule has 3 heteroatoms. The van der Waals surface area contributed by atoms with Gasteiger partial charge in [-0.25, -0.2) is 4.98 Å². The smallest absolute Gasteiger partial charge is 0.0794 e. The molecule has 0 bridgehead atoms. The Labute approximate surface area is 90.8 Å². The lowest BCUT2D eigenvalue weighted by atomic mass is 10.1. The second-order valence-corrected chi connectivity index (χ2v) is 4.93. The van der Waals surface area contributed by atoms with E-state index < -0.39 is 0 Å². The molecule has 1 unspecified atom stereocenters. The molecule has 1 heterocycles. The topological polar surface area (TPSA) is 24.9 Å². The molecule has 80 valence electrons. The van der Waals surface area contributed by atoms with Gasteiger partial charge in [-0.1, -0.05) is 13.8 Å². The Hall–Kier alpha value is -0.410. The summed E-state index contributed by atoms with van der Waals surface area (Å²) in [5.41, 5.74) is 3.10. The Morgan fingerprint density at radius 3 is 2.79 bits per heavy atom. The minimum Gasteiger partial charge on any atom is -0.314 e. The fraction of sp³-hybridized carbons (Fsp3) is 0.727. The summed E-state index contributed by atoms with van der Waals surface area (Å²) in [6.07, 6.45) is 2.29. The van der Waals surface area contributed by atoms with Crippen molar-refractivity contribution in [3.63, 3.8) is 0 Å². The van der Waals surface area contributed by atoms with Gasteiger partial charge in [0, 0.05) is 24.4 Å². The molecule has 0 spiro atoms. The van der Waals surface area contributed by atoms with E-state index in [1.165, 1.54) is 12.1 Å². The van der Waals surface area contributed by atoms with E-state index in [1.54, 1.807) is 11.3 Å². The van der Waals surface area contributed by atoms with Crippen LogP contribution in [0.25, 0.3) is 0 Å². The van der Waals surface area contributed by atoms with Crippen molar-refractivity contribution in [3.05, 3.63) is 16.6 Å². The highest BCUT2D eigenvalue weighted by Gasteiger charge is 2.03. The first-order valence-corrected chi connectivity index (χ1v) is 6.23. The van der Waals surface area contributed by atoms with Gasteiger partial charge >= 0.3 is 0 Å². The van der Waals surface area contributed by atoms with Gasteiger partial charge in [0.15, 0.2) is 0 Å². The number of thiazole rings is 1. The predicted molar refractivity (Wildman–Crippen MR) is 62.7 cm³/mol. The quantitative estimate of drug-likeness (QED) is 0.784. The number of rotatable bonds is 6. The lowest BCUT2D eigenvalue weighted by Crippen LogP contribution is -2.29. The SMILES string of the molecule is CC(C)CC(C)NCCc1cscn1. The molecule has 0 aliphatic rings. The van der Waals surface area contributed by atoms with Gasteiger partial charge in [0.2, 0.25) is 0 Å². The standard InChI is InChI=1S/C11H20N2S/c1-9(2)6-10(3)12-5-4-11-7-14-8-13-11/h7-10,12H,4-6H2,1-3H3. The fourth-order valence-electron chi connectivity index (χ4n) is 1.60. The van der Waals surface area contributed by atoms with E-state index in [9.17, 15) is 0 Å². The van der Waals surface area contributed by atoms with Crippen molar-refractivity contribution in [3.8, 4) is 0 Å². The third-order valence-electron chi connectivity index (χ3n) is 2.18. The Kier molecular flexibility index (Phi) is 5.12. The Morgan fingerprint density at radius 2 is 2.21 bits per heavy atom. The van der Waals surface area contributed by atoms with Crippen LogP contribution in [-0.2, 0) is 6.42 Å². The predicted octanol–water partition coefficient (Wildman–Crippen LogP) is 2.71. The second kappa shape index (κ2) is 6.14.